The number of likely N-dealkylation sites (tertiary alicyclic amines) is 1. The molecule has 0 spiro atoms. The first-order chi connectivity index (χ1) is 18.2. The van der Waals surface area contributed by atoms with Gasteiger partial charge in [0.1, 0.15) is 30.2 Å². The number of benzene rings is 1. The van der Waals surface area contributed by atoms with Crippen LogP contribution >= 0.6 is 11.6 Å². The minimum atomic E-state index is -4.45. The minimum Gasteiger partial charge on any atom is -0.489 e. The molecule has 3 aromatic rings. The zero-order chi connectivity index (χ0) is 27.1. The minimum absolute atomic E-state index is 0.0372. The Balaban J connectivity index is 1.34. The lowest BCUT2D eigenvalue weighted by atomic mass is 10.1. The molecule has 0 bridgehead atoms. The predicted molar refractivity (Wildman–Crippen MR) is 135 cm³/mol. The molecule has 1 fully saturated rings. The second kappa shape index (κ2) is 12.5. The molecule has 2 aromatic heterocycles. The van der Waals surface area contributed by atoms with Crippen LogP contribution in [-0.2, 0) is 11.3 Å². The molecule has 3 heterocycles. The van der Waals surface area contributed by atoms with Gasteiger partial charge in [-0.05, 0) is 24.3 Å². The third kappa shape index (κ3) is 7.39. The lowest BCUT2D eigenvalue weighted by molar-refractivity contribution is -0.123. The van der Waals surface area contributed by atoms with Gasteiger partial charge in [-0.25, -0.2) is 14.8 Å². The molecule has 1 aliphatic heterocycles. The molecule has 206 valence electrons. The zero-order valence-electron chi connectivity index (χ0n) is 20.4. The number of alkyl halides is 3. The van der Waals surface area contributed by atoms with E-state index in [4.69, 9.17) is 26.2 Å². The summed E-state index contributed by atoms with van der Waals surface area (Å²) in [5.74, 6) is 1.05. The predicted octanol–water partition coefficient (Wildman–Crippen LogP) is 3.95. The summed E-state index contributed by atoms with van der Waals surface area (Å²) in [7, 11) is 0. The zero-order valence-corrected chi connectivity index (χ0v) is 21.1. The smallest absolute Gasteiger partial charge is 0.405 e. The van der Waals surface area contributed by atoms with Crippen LogP contribution in [0.5, 0.6) is 5.75 Å². The van der Waals surface area contributed by atoms with Gasteiger partial charge in [0.15, 0.2) is 5.82 Å². The number of amides is 2. The van der Waals surface area contributed by atoms with Crippen molar-refractivity contribution in [2.24, 2.45) is 0 Å². The summed E-state index contributed by atoms with van der Waals surface area (Å²) in [6.45, 7) is 0.411. The summed E-state index contributed by atoms with van der Waals surface area (Å²) in [6, 6.07) is 6.38. The Kier molecular flexibility index (Phi) is 9.13. The first-order valence-electron chi connectivity index (χ1n) is 12.0. The van der Waals surface area contributed by atoms with Gasteiger partial charge in [-0.15, -0.1) is 0 Å². The van der Waals surface area contributed by atoms with Crippen molar-refractivity contribution in [1.82, 2.24) is 24.8 Å². The maximum Gasteiger partial charge on any atom is 0.405 e. The maximum absolute atomic E-state index is 12.3. The van der Waals surface area contributed by atoms with Crippen molar-refractivity contribution >= 4 is 40.2 Å². The van der Waals surface area contributed by atoms with Gasteiger partial charge in [0.2, 0.25) is 0 Å². The second-order valence-electron chi connectivity index (χ2n) is 8.65. The molecule has 1 saturated heterocycles. The van der Waals surface area contributed by atoms with Crippen molar-refractivity contribution in [2.75, 3.05) is 44.8 Å². The summed E-state index contributed by atoms with van der Waals surface area (Å²) >= 11 is 6.48. The SMILES string of the molecule is O=C(NCC(F)(F)F)N1CCC(Oc2ccc(Nc3ncnc4ccn(CCOCCO)c34)cc2Cl)CC1. The van der Waals surface area contributed by atoms with E-state index < -0.39 is 18.8 Å². The van der Waals surface area contributed by atoms with E-state index in [9.17, 15) is 18.0 Å². The lowest BCUT2D eigenvalue weighted by Crippen LogP contribution is -2.48. The molecular formula is C24H28ClF3N6O4. The lowest BCUT2D eigenvalue weighted by Gasteiger charge is -2.32. The first kappa shape index (κ1) is 27.7. The van der Waals surface area contributed by atoms with Gasteiger partial charge in [-0.1, -0.05) is 11.6 Å². The highest BCUT2D eigenvalue weighted by Crippen LogP contribution is 2.32. The largest absolute Gasteiger partial charge is 0.489 e. The van der Waals surface area contributed by atoms with Crippen LogP contribution in [0, 0.1) is 0 Å². The number of aliphatic hydroxyl groups is 1. The third-order valence-corrected chi connectivity index (χ3v) is 6.22. The monoisotopic (exact) mass is 556 g/mol. The number of anilines is 2. The van der Waals surface area contributed by atoms with E-state index in [0.29, 0.717) is 48.3 Å². The number of rotatable bonds is 10. The molecule has 3 N–H and O–H groups in total. The number of fused-ring (bicyclic) bond motifs is 1. The van der Waals surface area contributed by atoms with E-state index in [1.165, 1.54) is 11.2 Å². The Morgan fingerprint density at radius 1 is 1.18 bits per heavy atom. The molecular weight excluding hydrogens is 529 g/mol. The molecule has 38 heavy (non-hydrogen) atoms. The summed E-state index contributed by atoms with van der Waals surface area (Å²) in [4.78, 5) is 22.0. The molecule has 1 aromatic carbocycles. The number of aromatic nitrogens is 3. The number of urea groups is 1. The number of hydrogen-bond donors (Lipinski definition) is 3. The van der Waals surface area contributed by atoms with Crippen LogP contribution in [0.25, 0.3) is 11.0 Å². The molecule has 0 radical (unpaired) electrons. The Labute approximate surface area is 221 Å². The number of ether oxygens (including phenoxy) is 2. The molecule has 0 atom stereocenters. The van der Waals surface area contributed by atoms with Crippen LogP contribution in [0.3, 0.4) is 0 Å². The number of piperidine rings is 1. The van der Waals surface area contributed by atoms with Gasteiger partial charge in [-0.2, -0.15) is 13.2 Å². The van der Waals surface area contributed by atoms with Crippen LogP contribution in [0.1, 0.15) is 12.8 Å². The van der Waals surface area contributed by atoms with Crippen LogP contribution in [0.2, 0.25) is 5.02 Å². The first-order valence-corrected chi connectivity index (χ1v) is 12.4. The van der Waals surface area contributed by atoms with Gasteiger partial charge in [-0.3, -0.25) is 0 Å². The summed E-state index contributed by atoms with van der Waals surface area (Å²) < 4.78 is 50.3. The number of hydrogen-bond acceptors (Lipinski definition) is 7. The maximum atomic E-state index is 12.3. The average molecular weight is 557 g/mol. The van der Waals surface area contributed by atoms with Crippen molar-refractivity contribution in [3.05, 3.63) is 41.8 Å². The Morgan fingerprint density at radius 3 is 2.68 bits per heavy atom. The molecule has 0 unspecified atom stereocenters. The van der Waals surface area contributed by atoms with Crippen molar-refractivity contribution in [1.29, 1.82) is 0 Å². The van der Waals surface area contributed by atoms with E-state index in [-0.39, 0.29) is 32.4 Å². The van der Waals surface area contributed by atoms with Gasteiger partial charge >= 0.3 is 12.2 Å². The molecule has 4 rings (SSSR count). The molecule has 1 aliphatic rings. The Hall–Kier alpha value is -3.29. The van der Waals surface area contributed by atoms with Gasteiger partial charge < -0.3 is 34.7 Å². The van der Waals surface area contributed by atoms with E-state index in [2.05, 4.69) is 15.3 Å². The topological polar surface area (TPSA) is 114 Å². The van der Waals surface area contributed by atoms with E-state index in [1.54, 1.807) is 18.2 Å². The molecule has 0 saturated carbocycles. The number of halogens is 4. The van der Waals surface area contributed by atoms with E-state index >= 15 is 0 Å². The van der Waals surface area contributed by atoms with Gasteiger partial charge in [0.05, 0.1) is 30.4 Å². The number of nitrogens with zero attached hydrogens (tertiary/aromatic N) is 4. The van der Waals surface area contributed by atoms with Crippen LogP contribution in [0.4, 0.5) is 29.5 Å². The third-order valence-electron chi connectivity index (χ3n) is 5.92. The fourth-order valence-corrected chi connectivity index (χ4v) is 4.32. The van der Waals surface area contributed by atoms with Crippen LogP contribution in [0.15, 0.2) is 36.8 Å². The fourth-order valence-electron chi connectivity index (χ4n) is 4.09. The summed E-state index contributed by atoms with van der Waals surface area (Å²) in [5.41, 5.74) is 2.24. The van der Waals surface area contributed by atoms with E-state index in [1.807, 2.05) is 22.1 Å². The number of aliphatic hydroxyl groups excluding tert-OH is 1. The van der Waals surface area contributed by atoms with Gasteiger partial charge in [0, 0.05) is 44.4 Å². The van der Waals surface area contributed by atoms with Gasteiger partial charge in [0.25, 0.3) is 0 Å². The van der Waals surface area contributed by atoms with Crippen molar-refractivity contribution in [3.8, 4) is 5.75 Å². The highest BCUT2D eigenvalue weighted by atomic mass is 35.5. The highest BCUT2D eigenvalue weighted by molar-refractivity contribution is 6.32. The summed E-state index contributed by atoms with van der Waals surface area (Å²) in [6.07, 6.45) is -0.389. The van der Waals surface area contributed by atoms with Crippen molar-refractivity contribution in [3.63, 3.8) is 0 Å². The van der Waals surface area contributed by atoms with Crippen LogP contribution in [-0.4, -0.2) is 82.3 Å². The molecule has 0 aliphatic carbocycles. The molecule has 10 nitrogen and oxygen atoms in total. The standard InChI is InChI=1S/C24H28ClF3N6O4/c25-18-13-16(32-22-21-19(30-15-31-22)5-8-33(21)9-11-37-12-10-35)1-2-20(18)38-17-3-6-34(7-4-17)23(36)29-14-24(26,27)28/h1-2,5,8,13,15,17,35H,3-4,6-7,9-12,14H2,(H,29,36)(H,30,31,32). The van der Waals surface area contributed by atoms with Crippen LogP contribution < -0.4 is 15.4 Å². The quantitative estimate of drug-likeness (QED) is 0.324. The average Bonchev–Trinajstić information content (AvgIpc) is 3.31. The second-order valence-corrected chi connectivity index (χ2v) is 9.06. The highest BCUT2D eigenvalue weighted by Gasteiger charge is 2.30. The number of nitrogens with one attached hydrogen (secondary N) is 2. The summed E-state index contributed by atoms with van der Waals surface area (Å²) in [5, 5.41) is 14.4. The van der Waals surface area contributed by atoms with Crippen molar-refractivity contribution in [2.45, 2.75) is 31.7 Å². The Morgan fingerprint density at radius 2 is 1.97 bits per heavy atom. The van der Waals surface area contributed by atoms with Crippen molar-refractivity contribution < 1.29 is 32.5 Å². The Bertz CT molecular complexity index is 1230. The number of carbonyl (C=O) groups excluding carboxylic acids is 1. The normalized spacial score (nSPS) is 14.6. The van der Waals surface area contributed by atoms with E-state index in [0.717, 1.165) is 11.0 Å². The number of carbonyl (C=O) groups is 1. The molecule has 2 amide bonds. The molecule has 14 heteroatoms. The fraction of sp³-hybridized carbons (Fsp3) is 0.458.